The summed E-state index contributed by atoms with van der Waals surface area (Å²) >= 11 is 0. The molecule has 0 radical (unpaired) electrons. The summed E-state index contributed by atoms with van der Waals surface area (Å²) < 4.78 is 26.1. The molecule has 168 valence electrons. The average molecular weight is 449 g/mol. The van der Waals surface area contributed by atoms with Crippen LogP contribution >= 0.6 is 0 Å². The summed E-state index contributed by atoms with van der Waals surface area (Å²) in [4.78, 5) is 38.9. The summed E-state index contributed by atoms with van der Waals surface area (Å²) in [6.07, 6.45) is 2.03. The second-order valence-corrected chi connectivity index (χ2v) is 11.2. The maximum Gasteiger partial charge on any atom is 0.240 e. The van der Waals surface area contributed by atoms with E-state index in [0.29, 0.717) is 6.54 Å². The summed E-state index contributed by atoms with van der Waals surface area (Å²) in [6, 6.07) is 9.31. The van der Waals surface area contributed by atoms with Crippen molar-refractivity contribution in [1.82, 2.24) is 19.8 Å². The maximum atomic E-state index is 13.0. The topological polar surface area (TPSA) is 116 Å². The van der Waals surface area contributed by atoms with Crippen molar-refractivity contribution < 1.29 is 22.8 Å². The van der Waals surface area contributed by atoms with E-state index in [0.717, 1.165) is 18.4 Å². The number of amides is 3. The Kier molecular flexibility index (Phi) is 5.33. The van der Waals surface area contributed by atoms with Crippen molar-refractivity contribution in [3.8, 4) is 0 Å². The van der Waals surface area contributed by atoms with Gasteiger partial charge in [0.2, 0.25) is 27.7 Å². The number of rotatable bonds is 6. The molecule has 10 heteroatoms. The predicted octanol–water partition coefficient (Wildman–Crippen LogP) is -0.0670. The van der Waals surface area contributed by atoms with Gasteiger partial charge in [-0.3, -0.25) is 14.4 Å². The third-order valence-electron chi connectivity index (χ3n) is 6.54. The molecule has 1 saturated carbocycles. The van der Waals surface area contributed by atoms with Gasteiger partial charge in [-0.1, -0.05) is 30.3 Å². The largest absolute Gasteiger partial charge is 0.350 e. The highest BCUT2D eigenvalue weighted by Gasteiger charge is 2.53. The Bertz CT molecular complexity index is 1000. The minimum Gasteiger partial charge on any atom is -0.350 e. The van der Waals surface area contributed by atoms with Crippen LogP contribution in [0.2, 0.25) is 0 Å². The molecule has 1 aromatic rings. The molecule has 2 heterocycles. The molecule has 31 heavy (non-hydrogen) atoms. The van der Waals surface area contributed by atoms with Crippen LogP contribution in [0.25, 0.3) is 0 Å². The molecule has 3 fully saturated rings. The molecular weight excluding hydrogens is 420 g/mol. The first-order valence-electron chi connectivity index (χ1n) is 10.5. The molecule has 0 bridgehead atoms. The number of carbonyl (C=O) groups excluding carboxylic acids is 3. The van der Waals surface area contributed by atoms with Crippen LogP contribution in [0.3, 0.4) is 0 Å². The van der Waals surface area contributed by atoms with Gasteiger partial charge in [0.05, 0.1) is 0 Å². The molecule has 9 nitrogen and oxygen atoms in total. The van der Waals surface area contributed by atoms with Crippen LogP contribution in [0.5, 0.6) is 0 Å². The smallest absolute Gasteiger partial charge is 0.240 e. The third-order valence-corrected chi connectivity index (χ3v) is 8.76. The van der Waals surface area contributed by atoms with E-state index < -0.39 is 32.3 Å². The molecule has 1 aliphatic carbocycles. The lowest BCUT2D eigenvalue weighted by atomic mass is 9.81. The van der Waals surface area contributed by atoms with E-state index in [4.69, 9.17) is 0 Å². The summed E-state index contributed by atoms with van der Waals surface area (Å²) in [5, 5.41) is 4.71. The first-order valence-corrected chi connectivity index (χ1v) is 12.0. The van der Waals surface area contributed by atoms with Gasteiger partial charge in [-0.25, -0.2) is 12.7 Å². The van der Waals surface area contributed by atoms with Crippen LogP contribution < -0.4 is 10.6 Å². The van der Waals surface area contributed by atoms with Crippen LogP contribution in [0, 0.1) is 0 Å². The molecule has 1 atom stereocenters. The van der Waals surface area contributed by atoms with Crippen LogP contribution in [0.15, 0.2) is 30.3 Å². The highest BCUT2D eigenvalue weighted by atomic mass is 32.2. The van der Waals surface area contributed by atoms with Crippen molar-refractivity contribution in [1.29, 1.82) is 0 Å². The van der Waals surface area contributed by atoms with Gasteiger partial charge in [0.1, 0.15) is 5.54 Å². The normalized spacial score (nSPS) is 25.4. The quantitative estimate of drug-likeness (QED) is 0.632. The van der Waals surface area contributed by atoms with Gasteiger partial charge in [0.15, 0.2) is 5.25 Å². The van der Waals surface area contributed by atoms with E-state index >= 15 is 0 Å². The lowest BCUT2D eigenvalue weighted by molar-refractivity contribution is -0.144. The number of sulfonamides is 1. The number of nitrogens with zero attached hydrogens (tertiary/aromatic N) is 2. The second-order valence-electron chi connectivity index (χ2n) is 8.97. The molecule has 4 rings (SSSR count). The number of benzene rings is 1. The molecule has 2 N–H and O–H groups in total. The van der Waals surface area contributed by atoms with E-state index in [1.165, 1.54) is 18.3 Å². The van der Waals surface area contributed by atoms with Gasteiger partial charge in [-0.2, -0.15) is 0 Å². The zero-order chi connectivity index (χ0) is 22.4. The van der Waals surface area contributed by atoms with Crippen LogP contribution in [0.1, 0.15) is 38.2 Å². The Balaban J connectivity index is 1.48. The number of hydrogen-bond acceptors (Lipinski definition) is 5. The number of nitrogens with one attached hydrogen (secondary N) is 2. The minimum atomic E-state index is -3.66. The van der Waals surface area contributed by atoms with Gasteiger partial charge >= 0.3 is 0 Å². The molecule has 3 aliphatic rings. The van der Waals surface area contributed by atoms with Gasteiger partial charge in [-0.15, -0.1) is 0 Å². The molecule has 1 aromatic carbocycles. The Morgan fingerprint density at radius 3 is 2.26 bits per heavy atom. The fourth-order valence-corrected chi connectivity index (χ4v) is 6.05. The number of hydrogen-bond donors (Lipinski definition) is 2. The van der Waals surface area contributed by atoms with E-state index in [-0.39, 0.29) is 37.7 Å². The van der Waals surface area contributed by atoms with Gasteiger partial charge in [0.25, 0.3) is 0 Å². The second kappa shape index (κ2) is 7.59. The molecule has 2 saturated heterocycles. The number of carbonyl (C=O) groups is 3. The van der Waals surface area contributed by atoms with Gasteiger partial charge in [0, 0.05) is 45.6 Å². The first-order chi connectivity index (χ1) is 14.6. The van der Waals surface area contributed by atoms with Crippen LogP contribution in [0.4, 0.5) is 0 Å². The summed E-state index contributed by atoms with van der Waals surface area (Å²) in [6.45, 7) is 2.29. The Hall–Kier alpha value is -2.46. The highest BCUT2D eigenvalue weighted by molar-refractivity contribution is 7.90. The molecule has 3 amide bonds. The van der Waals surface area contributed by atoms with E-state index in [2.05, 4.69) is 10.6 Å². The van der Waals surface area contributed by atoms with E-state index in [1.807, 2.05) is 30.3 Å². The van der Waals surface area contributed by atoms with Crippen molar-refractivity contribution in [3.05, 3.63) is 35.9 Å². The lowest BCUT2D eigenvalue weighted by Gasteiger charge is -2.51. The van der Waals surface area contributed by atoms with Crippen molar-refractivity contribution in [2.45, 2.75) is 48.9 Å². The SMILES string of the molecule is CC(=O)NC1(CC(=O)N2CC(NC(=O)C3CCN(C)S3(=O)=O)(c3ccccc3)C2)CC1. The third kappa shape index (κ3) is 4.06. The van der Waals surface area contributed by atoms with E-state index in [9.17, 15) is 22.8 Å². The fourth-order valence-electron chi connectivity index (χ4n) is 4.52. The standard InChI is InChI=1S/C21H28N4O5S/c1-15(26)22-20(9-10-20)12-18(27)25-13-21(14-25,16-6-4-3-5-7-16)23-19(28)17-8-11-24(2)31(17,29)30/h3-7,17H,8-14H2,1-2H3,(H,22,26)(H,23,28). The monoisotopic (exact) mass is 448 g/mol. The lowest BCUT2D eigenvalue weighted by Crippen LogP contribution is -2.70. The number of likely N-dealkylation sites (tertiary alicyclic amines) is 1. The summed E-state index contributed by atoms with van der Waals surface area (Å²) in [5.41, 5.74) is -0.436. The van der Waals surface area contributed by atoms with Crippen molar-refractivity contribution >= 4 is 27.7 Å². The van der Waals surface area contributed by atoms with Crippen LogP contribution in [-0.4, -0.2) is 72.8 Å². The Labute approximate surface area is 182 Å². The van der Waals surface area contributed by atoms with E-state index in [1.54, 1.807) is 4.90 Å². The maximum absolute atomic E-state index is 13.0. The Morgan fingerprint density at radius 2 is 1.74 bits per heavy atom. The summed E-state index contributed by atoms with van der Waals surface area (Å²) in [7, 11) is -2.19. The fraction of sp³-hybridized carbons (Fsp3) is 0.571. The van der Waals surface area contributed by atoms with Gasteiger partial charge in [-0.05, 0) is 24.8 Å². The van der Waals surface area contributed by atoms with Crippen molar-refractivity contribution in [2.24, 2.45) is 0 Å². The van der Waals surface area contributed by atoms with Crippen molar-refractivity contribution in [2.75, 3.05) is 26.7 Å². The Morgan fingerprint density at radius 1 is 1.10 bits per heavy atom. The highest BCUT2D eigenvalue weighted by Crippen LogP contribution is 2.41. The molecule has 1 unspecified atom stereocenters. The zero-order valence-electron chi connectivity index (χ0n) is 17.8. The predicted molar refractivity (Wildman–Crippen MR) is 113 cm³/mol. The average Bonchev–Trinajstić information content (AvgIpc) is 3.35. The first kappa shape index (κ1) is 21.8. The molecule has 0 spiro atoms. The molecule has 0 aromatic heterocycles. The van der Waals surface area contributed by atoms with Gasteiger partial charge < -0.3 is 15.5 Å². The van der Waals surface area contributed by atoms with Crippen LogP contribution in [-0.2, 0) is 29.9 Å². The zero-order valence-corrected chi connectivity index (χ0v) is 18.6. The summed E-state index contributed by atoms with van der Waals surface area (Å²) in [5.74, 6) is -0.764. The van der Waals surface area contributed by atoms with Crippen molar-refractivity contribution in [3.63, 3.8) is 0 Å². The molecule has 2 aliphatic heterocycles. The molecular formula is C21H28N4O5S. The minimum absolute atomic E-state index is 0.0831.